The number of hydrogen-bond acceptors (Lipinski definition) is 8. The van der Waals surface area contributed by atoms with E-state index in [1.807, 2.05) is 13.0 Å². The molecule has 10 nitrogen and oxygen atoms in total. The summed E-state index contributed by atoms with van der Waals surface area (Å²) in [6.45, 7) is 2.21. The summed E-state index contributed by atoms with van der Waals surface area (Å²) in [5.41, 5.74) is 2.03. The number of nitrogens with zero attached hydrogens (tertiary/aromatic N) is 3. The van der Waals surface area contributed by atoms with E-state index in [0.29, 0.717) is 46.0 Å². The van der Waals surface area contributed by atoms with Crippen LogP contribution in [0.2, 0.25) is 0 Å². The fraction of sp³-hybridized carbons (Fsp3) is 0.208. The lowest BCUT2D eigenvalue weighted by molar-refractivity contribution is -0.131. The quantitative estimate of drug-likeness (QED) is 0.343. The summed E-state index contributed by atoms with van der Waals surface area (Å²) in [7, 11) is 3.28. The van der Waals surface area contributed by atoms with Gasteiger partial charge in [-0.15, -0.1) is 5.10 Å². The monoisotopic (exact) mass is 465 g/mol. The zero-order valence-corrected chi connectivity index (χ0v) is 18.8. The van der Waals surface area contributed by atoms with Crippen molar-refractivity contribution in [1.82, 2.24) is 14.8 Å². The van der Waals surface area contributed by atoms with Crippen molar-refractivity contribution in [3.8, 4) is 29.0 Å². The van der Waals surface area contributed by atoms with E-state index in [-0.39, 0.29) is 13.2 Å². The van der Waals surface area contributed by atoms with Gasteiger partial charge in [0.25, 0.3) is 5.89 Å². The van der Waals surface area contributed by atoms with E-state index in [9.17, 15) is 4.79 Å². The molecule has 10 heteroatoms. The first-order valence-electron chi connectivity index (χ1n) is 10.3. The number of furan rings is 1. The van der Waals surface area contributed by atoms with Crippen LogP contribution in [0.5, 0.6) is 17.4 Å². The van der Waals surface area contributed by atoms with E-state index in [0.717, 1.165) is 11.6 Å². The largest absolute Gasteiger partial charge is 0.493 e. The molecule has 0 spiro atoms. The Balaban J connectivity index is 1.42. The van der Waals surface area contributed by atoms with Crippen molar-refractivity contribution in [3.63, 3.8) is 0 Å². The van der Waals surface area contributed by atoms with Crippen LogP contribution in [0, 0.1) is 6.92 Å². The number of ether oxygens (including phenoxy) is 3. The number of rotatable bonds is 10. The molecule has 1 aromatic carbocycles. The fourth-order valence-corrected chi connectivity index (χ4v) is 3.16. The molecule has 1 N–H and O–H groups in total. The average molecular weight is 465 g/mol. The van der Waals surface area contributed by atoms with E-state index in [1.54, 1.807) is 55.6 Å². The van der Waals surface area contributed by atoms with Crippen LogP contribution in [0.3, 0.4) is 0 Å². The standard InChI is InChI=1S/C24H23N3O7/c1-15-18(25-24(34-15)20-5-4-10-31-20)14-32-19-8-6-16(11-21(19)30-3)13-33-23-17(7-9-22(28)29)12-27(2)26-23/h4-12H,13-14H2,1-3H3,(H,28,29)/b9-7+. The molecule has 3 aromatic heterocycles. The minimum atomic E-state index is -1.05. The van der Waals surface area contributed by atoms with E-state index >= 15 is 0 Å². The van der Waals surface area contributed by atoms with Crippen LogP contribution >= 0.6 is 0 Å². The maximum absolute atomic E-state index is 10.8. The van der Waals surface area contributed by atoms with Crippen molar-refractivity contribution in [1.29, 1.82) is 0 Å². The highest BCUT2D eigenvalue weighted by Gasteiger charge is 2.15. The summed E-state index contributed by atoms with van der Waals surface area (Å²) >= 11 is 0. The third-order valence-corrected chi connectivity index (χ3v) is 4.82. The molecular formula is C24H23N3O7. The minimum Gasteiger partial charge on any atom is -0.493 e. The zero-order chi connectivity index (χ0) is 24.1. The Hall–Kier alpha value is -4.47. The summed E-state index contributed by atoms with van der Waals surface area (Å²) in [6.07, 6.45) is 5.71. The maximum Gasteiger partial charge on any atom is 0.328 e. The van der Waals surface area contributed by atoms with Gasteiger partial charge in [-0.2, -0.15) is 0 Å². The molecule has 0 aliphatic heterocycles. The van der Waals surface area contributed by atoms with Crippen LogP contribution in [0.1, 0.15) is 22.6 Å². The maximum atomic E-state index is 10.8. The number of aliphatic carboxylic acids is 1. The molecule has 0 fully saturated rings. The second-order valence-electron chi connectivity index (χ2n) is 7.30. The third kappa shape index (κ3) is 5.29. The molecule has 4 rings (SSSR count). The third-order valence-electron chi connectivity index (χ3n) is 4.82. The smallest absolute Gasteiger partial charge is 0.328 e. The average Bonchev–Trinajstić information content (AvgIpc) is 3.55. The van der Waals surface area contributed by atoms with E-state index in [2.05, 4.69) is 10.1 Å². The van der Waals surface area contributed by atoms with Crippen molar-refractivity contribution in [3.05, 3.63) is 71.4 Å². The Kier molecular flexibility index (Phi) is 6.67. The first kappa shape index (κ1) is 22.7. The number of carbonyl (C=O) groups is 1. The van der Waals surface area contributed by atoms with Gasteiger partial charge in [-0.25, -0.2) is 9.78 Å². The summed E-state index contributed by atoms with van der Waals surface area (Å²) in [6, 6.07) is 8.97. The van der Waals surface area contributed by atoms with Gasteiger partial charge in [0.2, 0.25) is 5.88 Å². The molecule has 0 atom stereocenters. The molecule has 0 unspecified atom stereocenters. The molecule has 0 aliphatic carbocycles. The molecule has 4 aromatic rings. The molecule has 176 valence electrons. The van der Waals surface area contributed by atoms with Gasteiger partial charge in [0.15, 0.2) is 17.3 Å². The van der Waals surface area contributed by atoms with Crippen molar-refractivity contribution in [2.24, 2.45) is 7.05 Å². The van der Waals surface area contributed by atoms with Gasteiger partial charge in [-0.05, 0) is 42.8 Å². The first-order valence-corrected chi connectivity index (χ1v) is 10.3. The van der Waals surface area contributed by atoms with Crippen molar-refractivity contribution >= 4 is 12.0 Å². The van der Waals surface area contributed by atoms with Gasteiger partial charge in [0, 0.05) is 19.3 Å². The lowest BCUT2D eigenvalue weighted by Gasteiger charge is -2.12. The molecule has 3 heterocycles. The number of carboxylic acids is 1. The number of hydrogen-bond donors (Lipinski definition) is 1. The van der Waals surface area contributed by atoms with Gasteiger partial charge in [0.1, 0.15) is 24.7 Å². The molecule has 34 heavy (non-hydrogen) atoms. The van der Waals surface area contributed by atoms with Crippen molar-refractivity contribution < 1.29 is 32.9 Å². The van der Waals surface area contributed by atoms with Crippen LogP contribution in [-0.4, -0.2) is 33.0 Å². The summed E-state index contributed by atoms with van der Waals surface area (Å²) in [5.74, 6) is 1.93. The van der Waals surface area contributed by atoms with Gasteiger partial charge < -0.3 is 28.2 Å². The van der Waals surface area contributed by atoms with E-state index < -0.39 is 5.97 Å². The SMILES string of the molecule is COc1cc(COc2nn(C)cc2/C=C/C(=O)O)ccc1OCc1nc(-c2ccco2)oc1C. The molecule has 0 amide bonds. The Morgan fingerprint density at radius 3 is 2.79 bits per heavy atom. The van der Waals surface area contributed by atoms with Crippen molar-refractivity contribution in [2.45, 2.75) is 20.1 Å². The molecular weight excluding hydrogens is 442 g/mol. The Morgan fingerprint density at radius 1 is 1.21 bits per heavy atom. The topological polar surface area (TPSA) is 122 Å². The van der Waals surface area contributed by atoms with E-state index in [1.165, 1.54) is 6.08 Å². The number of carboxylic acid groups (broad SMARTS) is 1. The number of aryl methyl sites for hydroxylation is 2. The minimum absolute atomic E-state index is 0.190. The number of methoxy groups -OCH3 is 1. The Morgan fingerprint density at radius 2 is 2.06 bits per heavy atom. The molecule has 0 bridgehead atoms. The van der Waals surface area contributed by atoms with Gasteiger partial charge in [-0.3, -0.25) is 4.68 Å². The molecule has 0 saturated carbocycles. The Bertz CT molecular complexity index is 1300. The van der Waals surface area contributed by atoms with Crippen LogP contribution in [0.15, 0.2) is 57.7 Å². The normalized spacial score (nSPS) is 11.1. The summed E-state index contributed by atoms with van der Waals surface area (Å²) < 4.78 is 29.7. The predicted molar refractivity (Wildman–Crippen MR) is 120 cm³/mol. The second kappa shape index (κ2) is 9.99. The lowest BCUT2D eigenvalue weighted by atomic mass is 10.2. The highest BCUT2D eigenvalue weighted by atomic mass is 16.5. The number of aromatic nitrogens is 3. The molecule has 0 aliphatic rings. The summed E-state index contributed by atoms with van der Waals surface area (Å²) in [5, 5.41) is 13.1. The van der Waals surface area contributed by atoms with Gasteiger partial charge in [-0.1, -0.05) is 6.07 Å². The van der Waals surface area contributed by atoms with Crippen LogP contribution in [-0.2, 0) is 25.1 Å². The van der Waals surface area contributed by atoms with E-state index in [4.69, 9.17) is 28.2 Å². The first-order chi connectivity index (χ1) is 16.4. The lowest BCUT2D eigenvalue weighted by Crippen LogP contribution is -2.02. The predicted octanol–water partition coefficient (Wildman–Crippen LogP) is 4.24. The van der Waals surface area contributed by atoms with Gasteiger partial charge in [0.05, 0.1) is 18.9 Å². The highest BCUT2D eigenvalue weighted by Crippen LogP contribution is 2.30. The zero-order valence-electron chi connectivity index (χ0n) is 18.8. The highest BCUT2D eigenvalue weighted by molar-refractivity contribution is 5.85. The second-order valence-corrected chi connectivity index (χ2v) is 7.30. The van der Waals surface area contributed by atoms with Crippen molar-refractivity contribution in [2.75, 3.05) is 7.11 Å². The number of oxazole rings is 1. The van der Waals surface area contributed by atoms with Gasteiger partial charge >= 0.3 is 5.97 Å². The fourth-order valence-electron chi connectivity index (χ4n) is 3.16. The summed E-state index contributed by atoms with van der Waals surface area (Å²) in [4.78, 5) is 15.2. The molecule has 0 saturated heterocycles. The van der Waals surface area contributed by atoms with Crippen LogP contribution in [0.25, 0.3) is 17.7 Å². The van der Waals surface area contributed by atoms with Crippen LogP contribution in [0.4, 0.5) is 0 Å². The number of benzene rings is 1. The van der Waals surface area contributed by atoms with Crippen LogP contribution < -0.4 is 14.2 Å². The Labute approximate surface area is 195 Å². The molecule has 0 radical (unpaired) electrons.